The van der Waals surface area contributed by atoms with Crippen molar-refractivity contribution in [3.63, 3.8) is 0 Å². The van der Waals surface area contributed by atoms with Gasteiger partial charge in [-0.1, -0.05) is 29.8 Å². The summed E-state index contributed by atoms with van der Waals surface area (Å²) in [6.45, 7) is 0.950. The van der Waals surface area contributed by atoms with E-state index in [2.05, 4.69) is 4.98 Å². The van der Waals surface area contributed by atoms with E-state index in [9.17, 15) is 9.59 Å². The van der Waals surface area contributed by atoms with Crippen LogP contribution < -0.4 is 0 Å². The molecule has 2 aromatic heterocycles. The molecule has 0 saturated carbocycles. The van der Waals surface area contributed by atoms with Gasteiger partial charge in [-0.25, -0.2) is 0 Å². The zero-order valence-corrected chi connectivity index (χ0v) is 16.4. The number of pyridine rings is 1. The molecule has 1 fully saturated rings. The minimum atomic E-state index is -0.899. The summed E-state index contributed by atoms with van der Waals surface area (Å²) >= 11 is 7.52. The van der Waals surface area contributed by atoms with Crippen LogP contribution in [0.15, 0.2) is 60.1 Å². The Kier molecular flexibility index (Phi) is 4.00. The lowest BCUT2D eigenvalue weighted by molar-refractivity contribution is 0.00729. The van der Waals surface area contributed by atoms with E-state index in [-0.39, 0.29) is 11.8 Å². The predicted octanol–water partition coefficient (Wildman–Crippen LogP) is 3.80. The molecule has 0 bridgehead atoms. The van der Waals surface area contributed by atoms with E-state index in [1.807, 2.05) is 39.4 Å². The summed E-state index contributed by atoms with van der Waals surface area (Å²) in [4.78, 5) is 35.5. The average Bonchev–Trinajstić information content (AvgIpc) is 3.37. The Balaban J connectivity index is 1.71. The summed E-state index contributed by atoms with van der Waals surface area (Å²) in [7, 11) is 0. The Morgan fingerprint density at radius 3 is 2.68 bits per heavy atom. The molecule has 1 unspecified atom stereocenters. The van der Waals surface area contributed by atoms with Crippen molar-refractivity contribution >= 4 is 34.8 Å². The van der Waals surface area contributed by atoms with Crippen molar-refractivity contribution in [1.29, 1.82) is 0 Å². The molecular weight excluding hydrogens is 394 g/mol. The Morgan fingerprint density at radius 1 is 1.11 bits per heavy atom. The molecule has 4 heterocycles. The van der Waals surface area contributed by atoms with Gasteiger partial charge >= 0.3 is 0 Å². The Hall–Kier alpha value is -2.70. The number of fused-ring (bicyclic) bond motifs is 2. The van der Waals surface area contributed by atoms with E-state index in [0.29, 0.717) is 40.7 Å². The molecule has 1 aromatic carbocycles. The number of rotatable bonds is 2. The minimum absolute atomic E-state index is 0.0698. The van der Waals surface area contributed by atoms with E-state index < -0.39 is 5.66 Å². The third-order valence-corrected chi connectivity index (χ3v) is 6.61. The minimum Gasteiger partial charge on any atom is -0.309 e. The highest BCUT2D eigenvalue weighted by atomic mass is 35.5. The fourth-order valence-electron chi connectivity index (χ4n) is 4.26. The molecule has 140 valence electrons. The number of amides is 2. The summed E-state index contributed by atoms with van der Waals surface area (Å²) in [5, 5.41) is 2.50. The Labute approximate surface area is 171 Å². The van der Waals surface area contributed by atoms with Crippen molar-refractivity contribution in [2.45, 2.75) is 12.1 Å². The average molecular weight is 410 g/mol. The third-order valence-electron chi connectivity index (χ3n) is 5.50. The molecule has 5 rings (SSSR count). The van der Waals surface area contributed by atoms with Crippen molar-refractivity contribution in [2.75, 3.05) is 13.1 Å². The highest BCUT2D eigenvalue weighted by Gasteiger charge is 2.56. The van der Waals surface area contributed by atoms with Gasteiger partial charge in [0.15, 0.2) is 0 Å². The molecule has 5 nitrogen and oxygen atoms in total. The van der Waals surface area contributed by atoms with E-state index >= 15 is 0 Å². The number of carbonyl (C=O) groups is 2. The fraction of sp³-hybridized carbons (Fsp3) is 0.190. The SMILES string of the molecule is O=C(c1cccs1)N1CCN2C(=O)c3cccnc3CC12c1ccc(Cl)cc1. The molecule has 0 aliphatic carbocycles. The highest BCUT2D eigenvalue weighted by molar-refractivity contribution is 7.12. The number of hydrogen-bond donors (Lipinski definition) is 0. The lowest BCUT2D eigenvalue weighted by Gasteiger charge is -2.46. The topological polar surface area (TPSA) is 53.5 Å². The molecular formula is C21H16ClN3O2S. The van der Waals surface area contributed by atoms with Crippen molar-refractivity contribution in [1.82, 2.24) is 14.8 Å². The molecule has 1 saturated heterocycles. The van der Waals surface area contributed by atoms with Crippen LogP contribution in [0.1, 0.15) is 31.3 Å². The van der Waals surface area contributed by atoms with Crippen LogP contribution in [0.2, 0.25) is 5.02 Å². The van der Waals surface area contributed by atoms with Crippen molar-refractivity contribution in [3.05, 3.63) is 86.8 Å². The van der Waals surface area contributed by atoms with Crippen LogP contribution in [0.25, 0.3) is 0 Å². The first-order chi connectivity index (χ1) is 13.6. The largest absolute Gasteiger partial charge is 0.309 e. The summed E-state index contributed by atoms with van der Waals surface area (Å²) in [5.74, 6) is -0.162. The van der Waals surface area contributed by atoms with Crippen LogP contribution in [0.5, 0.6) is 0 Å². The number of nitrogens with zero attached hydrogens (tertiary/aromatic N) is 3. The molecule has 1 atom stereocenters. The van der Waals surface area contributed by atoms with Gasteiger partial charge in [-0.2, -0.15) is 0 Å². The van der Waals surface area contributed by atoms with Crippen LogP contribution in [0.4, 0.5) is 0 Å². The van der Waals surface area contributed by atoms with E-state index in [1.165, 1.54) is 11.3 Å². The van der Waals surface area contributed by atoms with Crippen molar-refractivity contribution in [3.8, 4) is 0 Å². The monoisotopic (exact) mass is 409 g/mol. The molecule has 2 amide bonds. The normalized spacial score (nSPS) is 20.8. The summed E-state index contributed by atoms with van der Waals surface area (Å²) in [6.07, 6.45) is 2.14. The number of thiophene rings is 1. The van der Waals surface area contributed by atoms with Gasteiger partial charge in [-0.3, -0.25) is 14.6 Å². The Morgan fingerprint density at radius 2 is 1.93 bits per heavy atom. The zero-order valence-electron chi connectivity index (χ0n) is 14.8. The second kappa shape index (κ2) is 6.43. The lowest BCUT2D eigenvalue weighted by Crippen LogP contribution is -2.58. The first-order valence-corrected chi connectivity index (χ1v) is 10.2. The Bertz CT molecular complexity index is 1070. The first kappa shape index (κ1) is 17.4. The summed E-state index contributed by atoms with van der Waals surface area (Å²) < 4.78 is 0. The van der Waals surface area contributed by atoms with Gasteiger partial charge in [-0.15, -0.1) is 11.3 Å². The molecule has 3 aromatic rings. The van der Waals surface area contributed by atoms with E-state index in [4.69, 9.17) is 11.6 Å². The molecule has 7 heteroatoms. The van der Waals surface area contributed by atoms with Crippen molar-refractivity contribution in [2.24, 2.45) is 0 Å². The van der Waals surface area contributed by atoms with Gasteiger partial charge in [0.05, 0.1) is 16.1 Å². The number of benzene rings is 1. The smallest absolute Gasteiger partial charge is 0.266 e. The first-order valence-electron chi connectivity index (χ1n) is 8.98. The summed E-state index contributed by atoms with van der Waals surface area (Å²) in [6, 6.07) is 14.7. The molecule has 0 spiro atoms. The van der Waals surface area contributed by atoms with E-state index in [1.54, 1.807) is 30.5 Å². The van der Waals surface area contributed by atoms with Gasteiger partial charge in [-0.05, 0) is 41.3 Å². The molecule has 2 aliphatic heterocycles. The number of hydrogen-bond acceptors (Lipinski definition) is 4. The maximum atomic E-state index is 13.4. The quantitative estimate of drug-likeness (QED) is 0.646. The highest BCUT2D eigenvalue weighted by Crippen LogP contribution is 2.45. The number of carbonyl (C=O) groups excluding carboxylic acids is 2. The van der Waals surface area contributed by atoms with Crippen LogP contribution in [0, 0.1) is 0 Å². The maximum Gasteiger partial charge on any atom is 0.266 e. The standard InChI is InChI=1S/C21H16ClN3O2S/c22-15-7-5-14(6-8-15)21-13-17-16(3-1-9-23-17)19(26)24(21)10-11-25(21)20(27)18-4-2-12-28-18/h1-9,12H,10-11,13H2. The van der Waals surface area contributed by atoms with Crippen LogP contribution in [-0.2, 0) is 12.1 Å². The van der Waals surface area contributed by atoms with Gasteiger partial charge in [0.2, 0.25) is 0 Å². The number of halogens is 1. The maximum absolute atomic E-state index is 13.4. The second-order valence-corrected chi connectivity index (χ2v) is 8.27. The van der Waals surface area contributed by atoms with Crippen LogP contribution >= 0.6 is 22.9 Å². The van der Waals surface area contributed by atoms with Gasteiger partial charge in [0.1, 0.15) is 5.66 Å². The molecule has 0 radical (unpaired) electrons. The number of aromatic nitrogens is 1. The lowest BCUT2D eigenvalue weighted by atomic mass is 9.86. The molecule has 0 N–H and O–H groups in total. The van der Waals surface area contributed by atoms with Gasteiger partial charge < -0.3 is 9.80 Å². The zero-order chi connectivity index (χ0) is 19.3. The summed E-state index contributed by atoms with van der Waals surface area (Å²) in [5.41, 5.74) is 1.29. The van der Waals surface area contributed by atoms with E-state index in [0.717, 1.165) is 5.56 Å². The van der Waals surface area contributed by atoms with Gasteiger partial charge in [0, 0.05) is 30.7 Å². The van der Waals surface area contributed by atoms with Crippen LogP contribution in [0.3, 0.4) is 0 Å². The van der Waals surface area contributed by atoms with Crippen molar-refractivity contribution < 1.29 is 9.59 Å². The van der Waals surface area contributed by atoms with Crippen LogP contribution in [-0.4, -0.2) is 39.7 Å². The predicted molar refractivity (Wildman–Crippen MR) is 107 cm³/mol. The third kappa shape index (κ3) is 2.41. The molecule has 28 heavy (non-hydrogen) atoms. The fourth-order valence-corrected chi connectivity index (χ4v) is 5.06. The van der Waals surface area contributed by atoms with Gasteiger partial charge in [0.25, 0.3) is 11.8 Å². The molecule has 2 aliphatic rings. The second-order valence-electron chi connectivity index (χ2n) is 6.89.